The van der Waals surface area contributed by atoms with Crippen molar-refractivity contribution in [2.75, 3.05) is 0 Å². The van der Waals surface area contributed by atoms with Crippen molar-refractivity contribution in [1.29, 1.82) is 0 Å². The Morgan fingerprint density at radius 1 is 1.11 bits per heavy atom. The van der Waals surface area contributed by atoms with Gasteiger partial charge >= 0.3 is 0 Å². The van der Waals surface area contributed by atoms with Crippen LogP contribution >= 0.6 is 0 Å². The van der Waals surface area contributed by atoms with Crippen molar-refractivity contribution < 1.29 is 13.2 Å². The highest BCUT2D eigenvalue weighted by atomic mass is 19.3. The summed E-state index contributed by atoms with van der Waals surface area (Å²) in [6, 6.07) is 7.13. The summed E-state index contributed by atoms with van der Waals surface area (Å²) in [6.07, 6.45) is -0.586. The fourth-order valence-electron chi connectivity index (χ4n) is 1.85. The van der Waals surface area contributed by atoms with Gasteiger partial charge in [0.1, 0.15) is 5.82 Å². The molecule has 4 heteroatoms. The first-order valence-corrected chi connectivity index (χ1v) is 5.53. The number of nitrogens with zero attached hydrogens (tertiary/aromatic N) is 1. The van der Waals surface area contributed by atoms with Crippen molar-refractivity contribution in [3.05, 3.63) is 64.7 Å². The van der Waals surface area contributed by atoms with E-state index >= 15 is 0 Å². The normalized spacial score (nSPS) is 10.9. The lowest BCUT2D eigenvalue weighted by molar-refractivity contribution is 0.151. The second kappa shape index (κ2) is 5.21. The zero-order chi connectivity index (χ0) is 13.1. The summed E-state index contributed by atoms with van der Waals surface area (Å²) in [5.41, 5.74) is 2.03. The molecule has 0 bridgehead atoms. The van der Waals surface area contributed by atoms with E-state index in [1.54, 1.807) is 12.3 Å². The minimum atomic E-state index is -2.65. The van der Waals surface area contributed by atoms with E-state index in [1.807, 2.05) is 13.0 Å². The summed E-state index contributed by atoms with van der Waals surface area (Å²) < 4.78 is 38.3. The summed E-state index contributed by atoms with van der Waals surface area (Å²) in [5.74, 6) is -0.631. The van der Waals surface area contributed by atoms with Crippen LogP contribution in [0.15, 0.2) is 36.5 Å². The van der Waals surface area contributed by atoms with Gasteiger partial charge in [-0.15, -0.1) is 0 Å². The Balaban J connectivity index is 2.29. The molecule has 18 heavy (non-hydrogen) atoms. The van der Waals surface area contributed by atoms with Crippen molar-refractivity contribution in [3.63, 3.8) is 0 Å². The number of hydrogen-bond acceptors (Lipinski definition) is 1. The van der Waals surface area contributed by atoms with E-state index in [0.717, 1.165) is 17.3 Å². The average molecular weight is 251 g/mol. The molecule has 0 amide bonds. The third-order valence-electron chi connectivity index (χ3n) is 2.60. The lowest BCUT2D eigenvalue weighted by Gasteiger charge is -2.06. The highest BCUT2D eigenvalue weighted by Gasteiger charge is 2.10. The molecule has 0 aliphatic carbocycles. The van der Waals surface area contributed by atoms with Crippen LogP contribution in [0.3, 0.4) is 0 Å². The van der Waals surface area contributed by atoms with Gasteiger partial charge in [-0.25, -0.2) is 13.2 Å². The second-order valence-electron chi connectivity index (χ2n) is 4.18. The van der Waals surface area contributed by atoms with Crippen LogP contribution in [0.4, 0.5) is 13.2 Å². The lowest BCUT2D eigenvalue weighted by atomic mass is 10.0. The predicted molar refractivity (Wildman–Crippen MR) is 63.1 cm³/mol. The topological polar surface area (TPSA) is 12.9 Å². The molecular weight excluding hydrogens is 239 g/mol. The number of alkyl halides is 2. The zero-order valence-electron chi connectivity index (χ0n) is 9.83. The van der Waals surface area contributed by atoms with Gasteiger partial charge in [-0.2, -0.15) is 0 Å². The molecule has 0 saturated heterocycles. The molecule has 1 heterocycles. The third-order valence-corrected chi connectivity index (χ3v) is 2.60. The fraction of sp³-hybridized carbons (Fsp3) is 0.214. The van der Waals surface area contributed by atoms with E-state index in [0.29, 0.717) is 12.0 Å². The Kier molecular flexibility index (Phi) is 3.65. The van der Waals surface area contributed by atoms with Crippen LogP contribution in [0.5, 0.6) is 0 Å². The van der Waals surface area contributed by atoms with Gasteiger partial charge in [-0.3, -0.25) is 4.98 Å². The largest absolute Gasteiger partial charge is 0.263 e. The van der Waals surface area contributed by atoms with Crippen molar-refractivity contribution in [3.8, 4) is 0 Å². The maximum absolute atomic E-state index is 13.2. The van der Waals surface area contributed by atoms with E-state index in [4.69, 9.17) is 0 Å². The Hall–Kier alpha value is -1.84. The van der Waals surface area contributed by atoms with Crippen molar-refractivity contribution in [2.45, 2.75) is 19.8 Å². The average Bonchev–Trinajstić information content (AvgIpc) is 2.28. The molecule has 94 valence electrons. The van der Waals surface area contributed by atoms with Crippen LogP contribution in [-0.2, 0) is 6.42 Å². The summed E-state index contributed by atoms with van der Waals surface area (Å²) >= 11 is 0. The molecule has 0 aliphatic rings. The Labute approximate surface area is 103 Å². The number of hydrogen-bond donors (Lipinski definition) is 0. The lowest BCUT2D eigenvalue weighted by Crippen LogP contribution is -1.94. The SMILES string of the molecule is Cc1cc(Cc2cc(F)cc(C(F)F)c2)ccn1. The van der Waals surface area contributed by atoms with Crippen LogP contribution in [0.1, 0.15) is 28.8 Å². The maximum atomic E-state index is 13.2. The zero-order valence-corrected chi connectivity index (χ0v) is 9.83. The number of rotatable bonds is 3. The van der Waals surface area contributed by atoms with E-state index in [9.17, 15) is 13.2 Å². The van der Waals surface area contributed by atoms with Gasteiger partial charge in [0.2, 0.25) is 0 Å². The quantitative estimate of drug-likeness (QED) is 0.801. The van der Waals surface area contributed by atoms with Gasteiger partial charge in [0.05, 0.1) is 0 Å². The van der Waals surface area contributed by atoms with Crippen LogP contribution in [0.2, 0.25) is 0 Å². The summed E-state index contributed by atoms with van der Waals surface area (Å²) in [4.78, 5) is 4.05. The third kappa shape index (κ3) is 3.09. The fourth-order valence-corrected chi connectivity index (χ4v) is 1.85. The molecule has 1 aromatic carbocycles. The van der Waals surface area contributed by atoms with Crippen molar-refractivity contribution in [2.24, 2.45) is 0 Å². The van der Waals surface area contributed by atoms with Crippen LogP contribution < -0.4 is 0 Å². The predicted octanol–water partition coefficient (Wildman–Crippen LogP) is 4.06. The Morgan fingerprint density at radius 3 is 2.56 bits per heavy atom. The number of benzene rings is 1. The van der Waals surface area contributed by atoms with Gasteiger partial charge in [-0.1, -0.05) is 0 Å². The molecular formula is C14H12F3N. The summed E-state index contributed by atoms with van der Waals surface area (Å²) in [5, 5.41) is 0. The molecule has 0 radical (unpaired) electrons. The number of aromatic nitrogens is 1. The van der Waals surface area contributed by atoms with E-state index in [1.165, 1.54) is 12.1 Å². The summed E-state index contributed by atoms with van der Waals surface area (Å²) in [6.45, 7) is 1.85. The van der Waals surface area contributed by atoms with Gasteiger partial charge in [-0.05, 0) is 54.8 Å². The minimum Gasteiger partial charge on any atom is -0.262 e. The molecule has 0 fully saturated rings. The first-order valence-electron chi connectivity index (χ1n) is 5.53. The Bertz CT molecular complexity index is 552. The molecule has 0 atom stereocenters. The number of pyridine rings is 1. The minimum absolute atomic E-state index is 0.282. The van der Waals surface area contributed by atoms with Crippen molar-refractivity contribution >= 4 is 0 Å². The first-order chi connectivity index (χ1) is 8.54. The highest BCUT2D eigenvalue weighted by Crippen LogP contribution is 2.22. The van der Waals surface area contributed by atoms with E-state index in [-0.39, 0.29) is 5.56 Å². The molecule has 1 nitrogen and oxygen atoms in total. The Morgan fingerprint density at radius 2 is 1.89 bits per heavy atom. The maximum Gasteiger partial charge on any atom is 0.263 e. The number of aryl methyl sites for hydroxylation is 1. The van der Waals surface area contributed by atoms with Crippen LogP contribution in [0.25, 0.3) is 0 Å². The van der Waals surface area contributed by atoms with Crippen LogP contribution in [-0.4, -0.2) is 4.98 Å². The molecule has 0 spiro atoms. The summed E-state index contributed by atoms with van der Waals surface area (Å²) in [7, 11) is 0. The molecule has 0 unspecified atom stereocenters. The molecule has 2 aromatic rings. The van der Waals surface area contributed by atoms with Crippen molar-refractivity contribution in [1.82, 2.24) is 4.98 Å². The molecule has 0 saturated carbocycles. The van der Waals surface area contributed by atoms with Gasteiger partial charge in [0.15, 0.2) is 0 Å². The van der Waals surface area contributed by atoms with Gasteiger partial charge in [0.25, 0.3) is 6.43 Å². The molecule has 0 aliphatic heterocycles. The smallest absolute Gasteiger partial charge is 0.262 e. The standard InChI is InChI=1S/C14H12F3N/c1-9-4-10(2-3-18-9)5-11-6-12(14(16)17)8-13(15)7-11/h2-4,6-8,14H,5H2,1H3. The molecule has 0 N–H and O–H groups in total. The second-order valence-corrected chi connectivity index (χ2v) is 4.18. The van der Waals surface area contributed by atoms with E-state index in [2.05, 4.69) is 4.98 Å². The van der Waals surface area contributed by atoms with E-state index < -0.39 is 12.2 Å². The van der Waals surface area contributed by atoms with Crippen LogP contribution in [0, 0.1) is 12.7 Å². The molecule has 2 rings (SSSR count). The molecule has 1 aromatic heterocycles. The number of halogens is 3. The first kappa shape index (κ1) is 12.6. The highest BCUT2D eigenvalue weighted by molar-refractivity contribution is 5.30. The monoisotopic (exact) mass is 251 g/mol. The van der Waals surface area contributed by atoms with Gasteiger partial charge in [0, 0.05) is 17.5 Å². The van der Waals surface area contributed by atoms with Gasteiger partial charge < -0.3 is 0 Å².